The zero-order chi connectivity index (χ0) is 8.00. The molecule has 0 N–H and O–H groups in total. The molecule has 0 aromatic heterocycles. The second-order valence-electron chi connectivity index (χ2n) is 0. The van der Waals surface area contributed by atoms with E-state index in [2.05, 4.69) is 47.5 Å². The molecule has 0 aromatic rings. The molecular weight excluding hydrogens is 234 g/mol. The predicted molar refractivity (Wildman–Crippen MR) is 29.2 cm³/mol. The monoisotopic (exact) mass is 232 g/mol. The minimum Gasteiger partial charge on any atom is -0.769 e. The Labute approximate surface area is 77.2 Å². The van der Waals surface area contributed by atoms with Gasteiger partial charge in [-0.05, 0) is 0 Å². The number of halogens is 4. The summed E-state index contributed by atoms with van der Waals surface area (Å²) in [5.41, 5.74) is 0. The smallest absolute Gasteiger partial charge is 0.769 e. The Hall–Kier alpha value is 1.22. The zero-order valence-electron chi connectivity index (χ0n) is 3.64. The molecular formula is Cl4O4Si. The van der Waals surface area contributed by atoms with Gasteiger partial charge in [0.1, 0.15) is 0 Å². The predicted octanol–water partition coefficient (Wildman–Crippen LogP) is -2.38. The van der Waals surface area contributed by atoms with Crippen molar-refractivity contribution in [1.82, 2.24) is 0 Å². The maximum Gasteiger partial charge on any atom is 4.00 e. The Kier molecular flexibility index (Phi) is 1490. The van der Waals surface area contributed by atoms with Gasteiger partial charge in [0.2, 0.25) is 0 Å². The second kappa shape index (κ2) is 420. The molecule has 0 radical (unpaired) electrons. The number of hydrogen-bond acceptors (Lipinski definition) is 4. The maximum atomic E-state index is 7.72. The van der Waals surface area contributed by atoms with Gasteiger partial charge >= 0.3 is 11.0 Å². The molecule has 56 valence electrons. The van der Waals surface area contributed by atoms with Gasteiger partial charge in [0, 0.05) is 0 Å². The van der Waals surface area contributed by atoms with Crippen LogP contribution in [0.25, 0.3) is 0 Å². The average molecular weight is 234 g/mol. The van der Waals surface area contributed by atoms with Gasteiger partial charge in [-0.25, -0.2) is 47.5 Å². The third-order valence-corrected chi connectivity index (χ3v) is 0. The summed E-state index contributed by atoms with van der Waals surface area (Å²) in [7, 11) is 0. The average Bonchev–Trinajstić information content (AvgIpc) is 2.03. The Morgan fingerprint density at radius 2 is 0.444 bits per heavy atom. The van der Waals surface area contributed by atoms with Crippen LogP contribution in [0.15, 0.2) is 0 Å². The van der Waals surface area contributed by atoms with Crippen LogP contribution in [0.3, 0.4) is 0 Å². The van der Waals surface area contributed by atoms with Gasteiger partial charge in [-0.1, -0.05) is 0 Å². The first kappa shape index (κ1) is 31.9. The van der Waals surface area contributed by atoms with E-state index in [1.807, 2.05) is 0 Å². The molecule has 9 heteroatoms. The van der Waals surface area contributed by atoms with Crippen molar-refractivity contribution >= 4 is 58.4 Å². The number of hydrogen-bond donors (Lipinski definition) is 0. The minimum atomic E-state index is 0. The summed E-state index contributed by atoms with van der Waals surface area (Å²) in [5, 5.41) is 0. The summed E-state index contributed by atoms with van der Waals surface area (Å²) < 4.78 is 30.9. The van der Waals surface area contributed by atoms with Gasteiger partial charge < -0.3 is 18.6 Å². The Bertz CT molecular complexity index is 12.5. The minimum absolute atomic E-state index is 0. The Morgan fingerprint density at radius 3 is 0.444 bits per heavy atom. The number of rotatable bonds is 0. The molecule has 0 unspecified atom stereocenters. The van der Waals surface area contributed by atoms with Crippen molar-refractivity contribution < 1.29 is 18.6 Å². The van der Waals surface area contributed by atoms with Gasteiger partial charge in [-0.3, -0.25) is 0 Å². The molecule has 0 amide bonds. The molecule has 0 fully saturated rings. The SMILES string of the molecule is [O-]Cl.[O-]Cl.[O-]Cl.[O-]Cl.[Si+4]. The van der Waals surface area contributed by atoms with Crippen LogP contribution in [0.2, 0.25) is 0 Å². The molecule has 0 saturated heterocycles. The van der Waals surface area contributed by atoms with Gasteiger partial charge in [-0.2, -0.15) is 0 Å². The second-order valence-corrected chi connectivity index (χ2v) is 0. The summed E-state index contributed by atoms with van der Waals surface area (Å²) in [6.45, 7) is 0. The first-order chi connectivity index (χ1) is 4.00. The van der Waals surface area contributed by atoms with Crippen molar-refractivity contribution in [3.05, 3.63) is 0 Å². The van der Waals surface area contributed by atoms with Crippen LogP contribution in [-0.2, 0) is 0 Å². The van der Waals surface area contributed by atoms with Crippen molar-refractivity contribution in [1.29, 1.82) is 0 Å². The van der Waals surface area contributed by atoms with E-state index < -0.39 is 0 Å². The molecule has 0 heterocycles. The molecule has 9 heavy (non-hydrogen) atoms. The summed E-state index contributed by atoms with van der Waals surface area (Å²) in [4.78, 5) is 0. The normalized spacial score (nSPS) is 2.67. The Balaban J connectivity index is -0.00000000762. The molecule has 0 rings (SSSR count). The van der Waals surface area contributed by atoms with Crippen LogP contribution in [0.5, 0.6) is 0 Å². The van der Waals surface area contributed by atoms with Crippen molar-refractivity contribution in [3.63, 3.8) is 0 Å². The molecule has 0 spiro atoms. The van der Waals surface area contributed by atoms with E-state index in [1.54, 1.807) is 0 Å². The molecule has 0 aliphatic carbocycles. The molecule has 0 aliphatic rings. The fraction of sp³-hybridized carbons (Fsp3) is 0. The van der Waals surface area contributed by atoms with Gasteiger partial charge in [0.25, 0.3) is 0 Å². The van der Waals surface area contributed by atoms with Crippen molar-refractivity contribution in [2.45, 2.75) is 0 Å². The topological polar surface area (TPSA) is 92.2 Å². The summed E-state index contributed by atoms with van der Waals surface area (Å²) in [6.07, 6.45) is 0. The zero-order valence-corrected chi connectivity index (χ0v) is 7.67. The van der Waals surface area contributed by atoms with E-state index in [-0.39, 0.29) is 11.0 Å². The van der Waals surface area contributed by atoms with Gasteiger partial charge in [0.05, 0.1) is 0 Å². The van der Waals surface area contributed by atoms with Crippen LogP contribution in [0.4, 0.5) is 0 Å². The van der Waals surface area contributed by atoms with E-state index >= 15 is 0 Å². The van der Waals surface area contributed by atoms with Crippen molar-refractivity contribution in [3.8, 4) is 0 Å². The molecule has 0 saturated carbocycles. The molecule has 0 aliphatic heterocycles. The first-order valence-electron chi connectivity index (χ1n) is 0.617. The van der Waals surface area contributed by atoms with Crippen LogP contribution >= 0.6 is 47.5 Å². The summed E-state index contributed by atoms with van der Waals surface area (Å²) >= 11 is 13.6. The van der Waals surface area contributed by atoms with Crippen molar-refractivity contribution in [2.24, 2.45) is 0 Å². The van der Waals surface area contributed by atoms with Gasteiger partial charge in [0.15, 0.2) is 0 Å². The standard InChI is InChI=1S/4ClO.Si/c4*1-2;/q4*-1;+4. The maximum absolute atomic E-state index is 7.72. The van der Waals surface area contributed by atoms with E-state index in [0.29, 0.717) is 0 Å². The molecule has 0 bridgehead atoms. The summed E-state index contributed by atoms with van der Waals surface area (Å²) in [6, 6.07) is 0. The van der Waals surface area contributed by atoms with E-state index in [0.717, 1.165) is 0 Å². The van der Waals surface area contributed by atoms with Crippen LogP contribution in [0.1, 0.15) is 0 Å². The third-order valence-electron chi connectivity index (χ3n) is 0. The van der Waals surface area contributed by atoms with E-state index in [4.69, 9.17) is 18.6 Å². The third kappa shape index (κ3) is 324. The van der Waals surface area contributed by atoms with E-state index in [1.165, 1.54) is 0 Å². The van der Waals surface area contributed by atoms with Crippen molar-refractivity contribution in [2.75, 3.05) is 0 Å². The molecule has 0 aromatic carbocycles. The van der Waals surface area contributed by atoms with Gasteiger partial charge in [-0.15, -0.1) is 0 Å². The summed E-state index contributed by atoms with van der Waals surface area (Å²) in [5.74, 6) is 0. The van der Waals surface area contributed by atoms with Crippen LogP contribution in [0, 0.1) is 0 Å². The first-order valence-corrected chi connectivity index (χ1v) is 1.85. The fourth-order valence-corrected chi connectivity index (χ4v) is 0. The molecule has 4 nitrogen and oxygen atoms in total. The Morgan fingerprint density at radius 1 is 0.444 bits per heavy atom. The van der Waals surface area contributed by atoms with Crippen LogP contribution in [-0.4, -0.2) is 11.0 Å². The fourth-order valence-electron chi connectivity index (χ4n) is 0. The van der Waals surface area contributed by atoms with E-state index in [9.17, 15) is 0 Å². The quantitative estimate of drug-likeness (QED) is 0.437. The molecule has 0 atom stereocenters. The largest absolute Gasteiger partial charge is 4.00 e. The van der Waals surface area contributed by atoms with Crippen LogP contribution < -0.4 is 18.6 Å².